The van der Waals surface area contributed by atoms with Crippen molar-refractivity contribution >= 4 is 24.1 Å². The third kappa shape index (κ3) is 4.68. The number of nitrogen functional groups attached to an aromatic ring is 1. The molecule has 1 amide bonds. The molecule has 0 fully saturated rings. The summed E-state index contributed by atoms with van der Waals surface area (Å²) in [4.78, 5) is 26.3. The minimum atomic E-state index is -2.13. The van der Waals surface area contributed by atoms with E-state index >= 15 is 8.78 Å². The van der Waals surface area contributed by atoms with Gasteiger partial charge in [-0.05, 0) is 34.9 Å². The molecule has 1 unspecified atom stereocenters. The molecule has 0 aliphatic heterocycles. The van der Waals surface area contributed by atoms with Crippen molar-refractivity contribution in [3.05, 3.63) is 93.4 Å². The molecule has 3 aromatic rings. The van der Waals surface area contributed by atoms with Gasteiger partial charge in [-0.25, -0.2) is 8.78 Å². The minimum absolute atomic E-state index is 0. The Kier molecular flexibility index (Phi) is 7.50. The molecule has 10 heteroatoms. The molecule has 0 saturated carbocycles. The molecule has 0 saturated heterocycles. The van der Waals surface area contributed by atoms with Gasteiger partial charge < -0.3 is 21.2 Å². The topological polar surface area (TPSA) is 135 Å². The minimum Gasteiger partial charge on any atom is -0.384 e. The number of pyridine rings is 1. The number of nitrogens with one attached hydrogen (secondary N) is 2. The Labute approximate surface area is 188 Å². The molecular formula is C22H21ClF2N4O3. The van der Waals surface area contributed by atoms with E-state index in [-0.39, 0.29) is 30.2 Å². The Bertz CT molecular complexity index is 1190. The van der Waals surface area contributed by atoms with Crippen LogP contribution in [0.3, 0.4) is 0 Å². The predicted molar refractivity (Wildman–Crippen MR) is 119 cm³/mol. The number of H-pyrrole nitrogens is 1. The van der Waals surface area contributed by atoms with Crippen molar-refractivity contribution in [3.8, 4) is 11.1 Å². The highest BCUT2D eigenvalue weighted by Crippen LogP contribution is 2.36. The zero-order valence-corrected chi connectivity index (χ0v) is 17.8. The standard InChI is InChI=1S/C22H20F2N4O3.ClH/c1-31-22(21(27)30,11-12-2-4-13(5-3-12)20(25)26)19-16(23)8-15(9-17(19)24)14-6-7-28-18(29)10-14;/h2-10H,11H2,1H3,(H3,25,26)(H2,27,30)(H,28,29);1H. The van der Waals surface area contributed by atoms with Crippen LogP contribution in [0, 0.1) is 17.0 Å². The van der Waals surface area contributed by atoms with Crippen LogP contribution in [0.5, 0.6) is 0 Å². The van der Waals surface area contributed by atoms with Crippen LogP contribution in [0.4, 0.5) is 8.78 Å². The average molecular weight is 463 g/mol. The van der Waals surface area contributed by atoms with E-state index in [1.54, 1.807) is 24.3 Å². The summed E-state index contributed by atoms with van der Waals surface area (Å²) in [6, 6.07) is 10.9. The molecule has 1 aromatic heterocycles. The van der Waals surface area contributed by atoms with Gasteiger partial charge in [-0.2, -0.15) is 0 Å². The zero-order valence-electron chi connectivity index (χ0n) is 16.9. The Morgan fingerprint density at radius 1 is 1.06 bits per heavy atom. The summed E-state index contributed by atoms with van der Waals surface area (Å²) >= 11 is 0. The number of amidine groups is 1. The smallest absolute Gasteiger partial charge is 0.254 e. The monoisotopic (exact) mass is 462 g/mol. The Morgan fingerprint density at radius 2 is 1.66 bits per heavy atom. The molecule has 32 heavy (non-hydrogen) atoms. The summed E-state index contributed by atoms with van der Waals surface area (Å²) in [5.41, 5.74) is 9.15. The number of methoxy groups -OCH3 is 1. The van der Waals surface area contributed by atoms with Crippen molar-refractivity contribution in [2.24, 2.45) is 11.5 Å². The van der Waals surface area contributed by atoms with Gasteiger partial charge >= 0.3 is 0 Å². The quantitative estimate of drug-likeness (QED) is 0.317. The number of carbonyl (C=O) groups excluding carboxylic acids is 1. The van der Waals surface area contributed by atoms with Gasteiger partial charge in [0, 0.05) is 31.4 Å². The highest BCUT2D eigenvalue weighted by molar-refractivity contribution is 5.95. The second kappa shape index (κ2) is 9.71. The molecule has 1 atom stereocenters. The van der Waals surface area contributed by atoms with E-state index in [0.717, 1.165) is 19.2 Å². The van der Waals surface area contributed by atoms with Gasteiger partial charge in [0.05, 0.1) is 5.56 Å². The van der Waals surface area contributed by atoms with Crippen molar-refractivity contribution in [3.63, 3.8) is 0 Å². The van der Waals surface area contributed by atoms with E-state index in [0.29, 0.717) is 16.7 Å². The van der Waals surface area contributed by atoms with Gasteiger partial charge in [-0.1, -0.05) is 24.3 Å². The molecule has 0 aliphatic rings. The van der Waals surface area contributed by atoms with Crippen LogP contribution in [-0.4, -0.2) is 23.8 Å². The largest absolute Gasteiger partial charge is 0.384 e. The summed E-state index contributed by atoms with van der Waals surface area (Å²) in [7, 11) is 1.14. The highest BCUT2D eigenvalue weighted by Gasteiger charge is 2.44. The maximum atomic E-state index is 15.2. The fraction of sp³-hybridized carbons (Fsp3) is 0.136. The number of aromatic nitrogens is 1. The Morgan fingerprint density at radius 3 is 2.12 bits per heavy atom. The van der Waals surface area contributed by atoms with Gasteiger partial charge in [0.25, 0.3) is 5.91 Å². The molecular weight excluding hydrogens is 442 g/mol. The summed E-state index contributed by atoms with van der Waals surface area (Å²) in [5, 5.41) is 7.44. The van der Waals surface area contributed by atoms with Crippen molar-refractivity contribution < 1.29 is 18.3 Å². The Hall–Kier alpha value is -3.56. The lowest BCUT2D eigenvalue weighted by atomic mass is 9.84. The van der Waals surface area contributed by atoms with Crippen molar-refractivity contribution in [1.29, 1.82) is 5.41 Å². The number of benzene rings is 2. The third-order valence-corrected chi connectivity index (χ3v) is 5.02. The lowest BCUT2D eigenvalue weighted by molar-refractivity contribution is -0.142. The van der Waals surface area contributed by atoms with E-state index in [9.17, 15) is 9.59 Å². The van der Waals surface area contributed by atoms with Crippen LogP contribution in [0.15, 0.2) is 59.5 Å². The first-order chi connectivity index (χ1) is 14.7. The number of carbonyl (C=O) groups is 1. The van der Waals surface area contributed by atoms with Crippen molar-refractivity contribution in [2.75, 3.05) is 7.11 Å². The fourth-order valence-electron chi connectivity index (χ4n) is 3.41. The maximum Gasteiger partial charge on any atom is 0.254 e. The number of hydrogen-bond acceptors (Lipinski definition) is 4. The number of ether oxygens (including phenoxy) is 1. The molecule has 3 rings (SSSR count). The molecule has 0 radical (unpaired) electrons. The number of hydrogen-bond donors (Lipinski definition) is 4. The summed E-state index contributed by atoms with van der Waals surface area (Å²) in [6.45, 7) is 0. The molecule has 0 aliphatic carbocycles. The summed E-state index contributed by atoms with van der Waals surface area (Å²) in [5.74, 6) is -3.31. The molecule has 1 heterocycles. The van der Waals surface area contributed by atoms with Crippen molar-refractivity contribution in [2.45, 2.75) is 12.0 Å². The lowest BCUT2D eigenvalue weighted by Crippen LogP contribution is -2.46. The third-order valence-electron chi connectivity index (χ3n) is 5.02. The predicted octanol–water partition coefficient (Wildman–Crippen LogP) is 2.60. The molecule has 168 valence electrons. The number of rotatable bonds is 7. The van der Waals surface area contributed by atoms with Crippen LogP contribution in [0.2, 0.25) is 0 Å². The van der Waals surface area contributed by atoms with Crippen LogP contribution in [0.25, 0.3) is 11.1 Å². The van der Waals surface area contributed by atoms with E-state index in [1.807, 2.05) is 0 Å². The maximum absolute atomic E-state index is 15.2. The van der Waals surface area contributed by atoms with Crippen molar-refractivity contribution in [1.82, 2.24) is 4.98 Å². The van der Waals surface area contributed by atoms with E-state index in [4.69, 9.17) is 21.6 Å². The lowest BCUT2D eigenvalue weighted by Gasteiger charge is -2.30. The first kappa shape index (κ1) is 24.7. The number of primary amides is 1. The number of halogens is 3. The van der Waals surface area contributed by atoms with Gasteiger partial charge in [-0.3, -0.25) is 15.0 Å². The van der Waals surface area contributed by atoms with Crippen LogP contribution < -0.4 is 17.0 Å². The summed E-state index contributed by atoms with van der Waals surface area (Å²) < 4.78 is 35.6. The van der Waals surface area contributed by atoms with Gasteiger partial charge in [0.2, 0.25) is 5.56 Å². The van der Waals surface area contributed by atoms with Crippen LogP contribution >= 0.6 is 12.4 Å². The van der Waals surface area contributed by atoms with Gasteiger partial charge in [0.1, 0.15) is 17.5 Å². The molecule has 7 nitrogen and oxygen atoms in total. The second-order valence-corrected chi connectivity index (χ2v) is 6.94. The van der Waals surface area contributed by atoms with Gasteiger partial charge in [0.15, 0.2) is 5.60 Å². The van der Waals surface area contributed by atoms with Crippen LogP contribution in [0.1, 0.15) is 16.7 Å². The highest BCUT2D eigenvalue weighted by atomic mass is 35.5. The molecule has 0 spiro atoms. The van der Waals surface area contributed by atoms with E-state index < -0.39 is 34.3 Å². The Balaban J connectivity index is 0.00000363. The SMILES string of the molecule is COC(Cc1ccc(C(=N)N)cc1)(C(N)=O)c1c(F)cc(-c2cc[nH]c(=O)c2)cc1F.Cl. The molecule has 6 N–H and O–H groups in total. The first-order valence-electron chi connectivity index (χ1n) is 9.15. The van der Waals surface area contributed by atoms with E-state index in [2.05, 4.69) is 4.98 Å². The number of aromatic amines is 1. The average Bonchev–Trinajstić information content (AvgIpc) is 2.72. The van der Waals surface area contributed by atoms with Gasteiger partial charge in [-0.15, -0.1) is 12.4 Å². The second-order valence-electron chi connectivity index (χ2n) is 6.94. The zero-order chi connectivity index (χ0) is 22.8. The molecule has 2 aromatic carbocycles. The number of amides is 1. The van der Waals surface area contributed by atoms with Crippen LogP contribution in [-0.2, 0) is 21.6 Å². The number of nitrogens with two attached hydrogens (primary N) is 2. The van der Waals surface area contributed by atoms with E-state index in [1.165, 1.54) is 18.3 Å². The summed E-state index contributed by atoms with van der Waals surface area (Å²) in [6.07, 6.45) is 1.10. The first-order valence-corrected chi connectivity index (χ1v) is 9.15. The fourth-order valence-corrected chi connectivity index (χ4v) is 3.41. The normalized spacial score (nSPS) is 12.5. The molecule has 0 bridgehead atoms.